The third-order valence-electron chi connectivity index (χ3n) is 3.40. The van der Waals surface area contributed by atoms with Gasteiger partial charge in [-0.15, -0.1) is 0 Å². The average Bonchev–Trinajstić information content (AvgIpc) is 2.96. The number of hydrogen-bond donors (Lipinski definition) is 2. The summed E-state index contributed by atoms with van der Waals surface area (Å²) in [6.45, 7) is 3.04. The summed E-state index contributed by atoms with van der Waals surface area (Å²) in [5.41, 5.74) is 3.09. The molecule has 0 fully saturated rings. The van der Waals surface area contributed by atoms with Crippen molar-refractivity contribution in [1.29, 1.82) is 0 Å². The van der Waals surface area contributed by atoms with E-state index < -0.39 is 0 Å². The van der Waals surface area contributed by atoms with Gasteiger partial charge in [-0.05, 0) is 36.8 Å². The van der Waals surface area contributed by atoms with E-state index in [1.807, 2.05) is 25.3 Å². The zero-order chi connectivity index (χ0) is 14.7. The first-order valence-corrected chi connectivity index (χ1v) is 6.99. The highest BCUT2D eigenvalue weighted by molar-refractivity contribution is 5.83. The SMILES string of the molecule is CCOc1cc(F)ccc1NCc1cccc2[nH]ccc12. The van der Waals surface area contributed by atoms with Gasteiger partial charge < -0.3 is 15.0 Å². The Morgan fingerprint density at radius 2 is 2.10 bits per heavy atom. The predicted octanol–water partition coefficient (Wildman–Crippen LogP) is 4.32. The number of anilines is 1. The molecule has 4 heteroatoms. The van der Waals surface area contributed by atoms with Crippen LogP contribution in [0.25, 0.3) is 10.9 Å². The van der Waals surface area contributed by atoms with Crippen molar-refractivity contribution in [3.63, 3.8) is 0 Å². The largest absolute Gasteiger partial charge is 0.492 e. The molecule has 0 saturated carbocycles. The second-order valence-corrected chi connectivity index (χ2v) is 4.78. The number of benzene rings is 2. The molecular formula is C17H17FN2O. The minimum absolute atomic E-state index is 0.295. The molecule has 1 heterocycles. The highest BCUT2D eigenvalue weighted by atomic mass is 19.1. The lowest BCUT2D eigenvalue weighted by Gasteiger charge is -2.13. The monoisotopic (exact) mass is 284 g/mol. The lowest BCUT2D eigenvalue weighted by atomic mass is 10.1. The standard InChI is InChI=1S/C17H17FN2O/c1-2-21-17-10-13(18)6-7-16(17)20-11-12-4-3-5-15-14(12)8-9-19-15/h3-10,19-20H,2,11H2,1H3. The first-order chi connectivity index (χ1) is 10.3. The van der Waals surface area contributed by atoms with Gasteiger partial charge in [0.1, 0.15) is 11.6 Å². The van der Waals surface area contributed by atoms with Crippen LogP contribution in [0, 0.1) is 5.82 Å². The van der Waals surface area contributed by atoms with E-state index in [9.17, 15) is 4.39 Å². The Bertz CT molecular complexity index is 751. The van der Waals surface area contributed by atoms with Gasteiger partial charge in [-0.2, -0.15) is 0 Å². The maximum atomic E-state index is 13.3. The number of H-pyrrole nitrogens is 1. The summed E-state index contributed by atoms with van der Waals surface area (Å²) in [5, 5.41) is 4.50. The molecule has 3 rings (SSSR count). The van der Waals surface area contributed by atoms with Crippen molar-refractivity contribution in [2.24, 2.45) is 0 Å². The van der Waals surface area contributed by atoms with Gasteiger partial charge in [-0.25, -0.2) is 4.39 Å². The quantitative estimate of drug-likeness (QED) is 0.732. The van der Waals surface area contributed by atoms with E-state index in [0.29, 0.717) is 18.9 Å². The van der Waals surface area contributed by atoms with E-state index in [1.54, 1.807) is 6.07 Å². The molecule has 0 aliphatic heterocycles. The van der Waals surface area contributed by atoms with Crippen LogP contribution in [0.3, 0.4) is 0 Å². The highest BCUT2D eigenvalue weighted by Gasteiger charge is 2.06. The van der Waals surface area contributed by atoms with Crippen molar-refractivity contribution in [3.05, 3.63) is 60.0 Å². The molecule has 108 valence electrons. The summed E-state index contributed by atoms with van der Waals surface area (Å²) in [4.78, 5) is 3.20. The molecule has 0 saturated heterocycles. The van der Waals surface area contributed by atoms with Crippen molar-refractivity contribution in [1.82, 2.24) is 4.98 Å². The van der Waals surface area contributed by atoms with Crippen LogP contribution in [0.1, 0.15) is 12.5 Å². The Labute approximate surface area is 122 Å². The number of hydrogen-bond acceptors (Lipinski definition) is 2. The van der Waals surface area contributed by atoms with E-state index >= 15 is 0 Å². The lowest BCUT2D eigenvalue weighted by molar-refractivity contribution is 0.340. The van der Waals surface area contributed by atoms with Gasteiger partial charge >= 0.3 is 0 Å². The Morgan fingerprint density at radius 3 is 2.95 bits per heavy atom. The van der Waals surface area contributed by atoms with E-state index in [-0.39, 0.29) is 5.82 Å². The molecular weight excluding hydrogens is 267 g/mol. The lowest BCUT2D eigenvalue weighted by Crippen LogP contribution is -2.03. The number of ether oxygens (including phenoxy) is 1. The molecule has 0 unspecified atom stereocenters. The Kier molecular flexibility index (Phi) is 3.77. The van der Waals surface area contributed by atoms with E-state index in [2.05, 4.69) is 22.4 Å². The second kappa shape index (κ2) is 5.87. The molecule has 21 heavy (non-hydrogen) atoms. The Balaban J connectivity index is 1.83. The van der Waals surface area contributed by atoms with Gasteiger partial charge in [0.15, 0.2) is 0 Å². The van der Waals surface area contributed by atoms with Gasteiger partial charge in [0, 0.05) is 29.7 Å². The maximum Gasteiger partial charge on any atom is 0.145 e. The van der Waals surface area contributed by atoms with Gasteiger partial charge in [-0.1, -0.05) is 12.1 Å². The fourth-order valence-corrected chi connectivity index (χ4v) is 2.41. The summed E-state index contributed by atoms with van der Waals surface area (Å²) in [6.07, 6.45) is 1.93. The minimum atomic E-state index is -0.295. The fourth-order valence-electron chi connectivity index (χ4n) is 2.41. The van der Waals surface area contributed by atoms with Gasteiger partial charge in [0.05, 0.1) is 12.3 Å². The first kappa shape index (κ1) is 13.5. The van der Waals surface area contributed by atoms with Crippen molar-refractivity contribution < 1.29 is 9.13 Å². The molecule has 0 spiro atoms. The molecule has 1 aromatic heterocycles. The molecule has 3 nitrogen and oxygen atoms in total. The van der Waals surface area contributed by atoms with Crippen molar-refractivity contribution in [2.75, 3.05) is 11.9 Å². The average molecular weight is 284 g/mol. The van der Waals surface area contributed by atoms with Crippen LogP contribution in [0.5, 0.6) is 5.75 Å². The van der Waals surface area contributed by atoms with Gasteiger partial charge in [0.25, 0.3) is 0 Å². The van der Waals surface area contributed by atoms with Crippen LogP contribution in [0.15, 0.2) is 48.7 Å². The molecule has 0 radical (unpaired) electrons. The van der Waals surface area contributed by atoms with E-state index in [0.717, 1.165) is 11.2 Å². The summed E-state index contributed by atoms with van der Waals surface area (Å²) in [7, 11) is 0. The third kappa shape index (κ3) is 2.84. The van der Waals surface area contributed by atoms with Gasteiger partial charge in [-0.3, -0.25) is 0 Å². The molecule has 0 amide bonds. The number of aromatic nitrogens is 1. The number of halogens is 1. The van der Waals surface area contributed by atoms with E-state index in [1.165, 1.54) is 23.1 Å². The maximum absolute atomic E-state index is 13.3. The summed E-state index contributed by atoms with van der Waals surface area (Å²) < 4.78 is 18.8. The van der Waals surface area contributed by atoms with Crippen LogP contribution in [-0.2, 0) is 6.54 Å². The first-order valence-electron chi connectivity index (χ1n) is 6.99. The normalized spacial score (nSPS) is 10.8. The molecule has 2 aromatic carbocycles. The van der Waals surface area contributed by atoms with Crippen LogP contribution >= 0.6 is 0 Å². The fraction of sp³-hybridized carbons (Fsp3) is 0.176. The highest BCUT2D eigenvalue weighted by Crippen LogP contribution is 2.27. The summed E-state index contributed by atoms with van der Waals surface area (Å²) in [5.74, 6) is 0.246. The molecule has 0 aliphatic rings. The van der Waals surface area contributed by atoms with Crippen LogP contribution in [0.4, 0.5) is 10.1 Å². The predicted molar refractivity (Wildman–Crippen MR) is 83.2 cm³/mol. The smallest absolute Gasteiger partial charge is 0.145 e. The number of fused-ring (bicyclic) bond motifs is 1. The van der Waals surface area contributed by atoms with E-state index in [4.69, 9.17) is 4.74 Å². The molecule has 3 aromatic rings. The zero-order valence-electron chi connectivity index (χ0n) is 11.8. The number of rotatable bonds is 5. The minimum Gasteiger partial charge on any atom is -0.492 e. The van der Waals surface area contributed by atoms with Crippen LogP contribution in [0.2, 0.25) is 0 Å². The third-order valence-corrected chi connectivity index (χ3v) is 3.40. The molecule has 0 bridgehead atoms. The summed E-state index contributed by atoms with van der Waals surface area (Å²) >= 11 is 0. The van der Waals surface area contributed by atoms with Gasteiger partial charge in [0.2, 0.25) is 0 Å². The molecule has 0 aliphatic carbocycles. The van der Waals surface area contributed by atoms with Crippen molar-refractivity contribution in [2.45, 2.75) is 13.5 Å². The molecule has 2 N–H and O–H groups in total. The van der Waals surface area contributed by atoms with Crippen LogP contribution < -0.4 is 10.1 Å². The van der Waals surface area contributed by atoms with Crippen molar-refractivity contribution in [3.8, 4) is 5.75 Å². The molecule has 0 atom stereocenters. The topological polar surface area (TPSA) is 37.0 Å². The second-order valence-electron chi connectivity index (χ2n) is 4.78. The summed E-state index contributed by atoms with van der Waals surface area (Å²) in [6, 6.07) is 12.7. The van der Waals surface area contributed by atoms with Crippen LogP contribution in [-0.4, -0.2) is 11.6 Å². The Morgan fingerprint density at radius 1 is 1.19 bits per heavy atom. The number of aromatic amines is 1. The zero-order valence-corrected chi connectivity index (χ0v) is 11.8. The van der Waals surface area contributed by atoms with Crippen molar-refractivity contribution >= 4 is 16.6 Å². The number of nitrogens with one attached hydrogen (secondary N) is 2. The Hall–Kier alpha value is -2.49.